The number of benzene rings is 1. The van der Waals surface area contributed by atoms with E-state index in [0.29, 0.717) is 5.56 Å². The molecule has 0 radical (unpaired) electrons. The Morgan fingerprint density at radius 1 is 1.38 bits per heavy atom. The van der Waals surface area contributed by atoms with E-state index in [2.05, 4.69) is 4.79 Å². The third kappa shape index (κ3) is 2.35. The Hall–Kier alpha value is -1.93. The molecule has 0 atom stereocenters. The van der Waals surface area contributed by atoms with Gasteiger partial charge in [0.15, 0.2) is 0 Å². The Morgan fingerprint density at radius 2 is 1.94 bits per heavy atom. The summed E-state index contributed by atoms with van der Waals surface area (Å²) in [5.41, 5.74) is 11.2. The first-order valence-electron chi connectivity index (χ1n) is 5.07. The van der Waals surface area contributed by atoms with Crippen molar-refractivity contribution in [3.05, 3.63) is 40.4 Å². The molecular formula is C12H14N2O2. The van der Waals surface area contributed by atoms with E-state index in [1.165, 1.54) is 0 Å². The van der Waals surface area contributed by atoms with E-state index >= 15 is 0 Å². The highest BCUT2D eigenvalue weighted by atomic mass is 16.5. The van der Waals surface area contributed by atoms with Crippen molar-refractivity contribution >= 4 is 11.7 Å². The van der Waals surface area contributed by atoms with E-state index in [-0.39, 0.29) is 12.3 Å². The van der Waals surface area contributed by atoms with Crippen LogP contribution in [0.3, 0.4) is 0 Å². The van der Waals surface area contributed by atoms with Gasteiger partial charge in [-0.25, -0.2) is 4.79 Å². The minimum absolute atomic E-state index is 0.0440. The van der Waals surface area contributed by atoms with E-state index < -0.39 is 5.97 Å². The molecule has 0 aliphatic rings. The normalized spacial score (nSPS) is 9.44. The molecule has 0 bridgehead atoms. The summed E-state index contributed by atoms with van der Waals surface area (Å²) in [5.74, 6) is -0.609. The fourth-order valence-electron chi connectivity index (χ4n) is 1.58. The van der Waals surface area contributed by atoms with Crippen molar-refractivity contribution in [2.45, 2.75) is 20.8 Å². The molecule has 16 heavy (non-hydrogen) atoms. The summed E-state index contributed by atoms with van der Waals surface area (Å²) in [6.07, 6.45) is 0. The van der Waals surface area contributed by atoms with Crippen LogP contribution in [0.2, 0.25) is 0 Å². The van der Waals surface area contributed by atoms with Crippen molar-refractivity contribution in [1.82, 2.24) is 0 Å². The van der Waals surface area contributed by atoms with Crippen molar-refractivity contribution in [3.63, 3.8) is 0 Å². The fraction of sp³-hybridized carbons (Fsp3) is 0.333. The predicted molar refractivity (Wildman–Crippen MR) is 60.3 cm³/mol. The second-order valence-electron chi connectivity index (χ2n) is 3.44. The van der Waals surface area contributed by atoms with E-state index in [0.717, 1.165) is 11.1 Å². The molecule has 0 heterocycles. The van der Waals surface area contributed by atoms with Crippen LogP contribution in [-0.4, -0.2) is 23.1 Å². The smallest absolute Gasteiger partial charge is 0.422 e. The standard InChI is InChI=1S/C12H14N2O2/c1-4-16-12(15)11(14-13)10-8(2)6-5-7-9(10)3/h5-7H,4H2,1-3H3. The second-order valence-corrected chi connectivity index (χ2v) is 3.44. The van der Waals surface area contributed by atoms with Gasteiger partial charge in [0.1, 0.15) is 0 Å². The number of ether oxygens (including phenoxy) is 1. The van der Waals surface area contributed by atoms with Gasteiger partial charge >= 0.3 is 11.7 Å². The van der Waals surface area contributed by atoms with Crippen LogP contribution < -0.4 is 0 Å². The summed E-state index contributed by atoms with van der Waals surface area (Å²) in [7, 11) is 0. The zero-order chi connectivity index (χ0) is 12.1. The van der Waals surface area contributed by atoms with Crippen LogP contribution in [-0.2, 0) is 9.53 Å². The van der Waals surface area contributed by atoms with Gasteiger partial charge in [0.2, 0.25) is 0 Å². The number of nitrogens with zero attached hydrogens (tertiary/aromatic N) is 2. The number of carbonyl (C=O) groups excluding carboxylic acids is 1. The number of hydrogen-bond donors (Lipinski definition) is 0. The molecule has 84 valence electrons. The van der Waals surface area contributed by atoms with Crippen molar-refractivity contribution in [1.29, 1.82) is 0 Å². The molecular weight excluding hydrogens is 204 g/mol. The molecule has 0 aliphatic carbocycles. The maximum absolute atomic E-state index is 11.6. The van der Waals surface area contributed by atoms with Gasteiger partial charge in [-0.05, 0) is 31.9 Å². The zero-order valence-corrected chi connectivity index (χ0v) is 9.65. The lowest BCUT2D eigenvalue weighted by molar-refractivity contribution is -0.139. The van der Waals surface area contributed by atoms with Crippen LogP contribution in [0, 0.1) is 13.8 Å². The van der Waals surface area contributed by atoms with E-state index in [1.54, 1.807) is 6.92 Å². The van der Waals surface area contributed by atoms with Crippen LogP contribution in [0.1, 0.15) is 23.6 Å². The molecule has 0 amide bonds. The lowest BCUT2D eigenvalue weighted by atomic mass is 9.99. The van der Waals surface area contributed by atoms with E-state index in [4.69, 9.17) is 10.3 Å². The van der Waals surface area contributed by atoms with Crippen molar-refractivity contribution in [2.24, 2.45) is 0 Å². The molecule has 1 aromatic carbocycles. The Balaban J connectivity index is 3.26. The van der Waals surface area contributed by atoms with E-state index in [1.807, 2.05) is 32.0 Å². The molecule has 0 saturated carbocycles. The SMILES string of the molecule is CCOC(=O)C(=[N+]=[N-])c1c(C)cccc1C. The molecule has 0 spiro atoms. The third-order valence-corrected chi connectivity index (χ3v) is 2.29. The first-order valence-corrected chi connectivity index (χ1v) is 5.07. The fourth-order valence-corrected chi connectivity index (χ4v) is 1.58. The molecule has 0 N–H and O–H groups in total. The van der Waals surface area contributed by atoms with Crippen molar-refractivity contribution in [2.75, 3.05) is 6.61 Å². The van der Waals surface area contributed by atoms with Gasteiger partial charge in [-0.2, -0.15) is 4.79 Å². The maximum atomic E-state index is 11.6. The van der Waals surface area contributed by atoms with Crippen LogP contribution in [0.4, 0.5) is 0 Å². The summed E-state index contributed by atoms with van der Waals surface area (Å²) >= 11 is 0. The first kappa shape index (κ1) is 12.1. The monoisotopic (exact) mass is 218 g/mol. The molecule has 1 aromatic rings. The average molecular weight is 218 g/mol. The van der Waals surface area contributed by atoms with Crippen molar-refractivity contribution < 1.29 is 14.3 Å². The third-order valence-electron chi connectivity index (χ3n) is 2.29. The van der Waals surface area contributed by atoms with Gasteiger partial charge in [0.25, 0.3) is 0 Å². The summed E-state index contributed by atoms with van der Waals surface area (Å²) in [6.45, 7) is 5.67. The van der Waals surface area contributed by atoms with Gasteiger partial charge in [0, 0.05) is 0 Å². The predicted octanol–water partition coefficient (Wildman–Crippen LogP) is 1.89. The Kier molecular flexibility index (Phi) is 3.97. The maximum Gasteiger partial charge on any atom is 0.422 e. The number of carbonyl (C=O) groups is 1. The highest BCUT2D eigenvalue weighted by Crippen LogP contribution is 2.14. The molecule has 4 heteroatoms. The topological polar surface area (TPSA) is 62.7 Å². The first-order chi connectivity index (χ1) is 7.61. The summed E-state index contributed by atoms with van der Waals surface area (Å²) in [4.78, 5) is 14.6. The van der Waals surface area contributed by atoms with Crippen LogP contribution in [0.15, 0.2) is 18.2 Å². The molecule has 0 fully saturated rings. The minimum atomic E-state index is -0.609. The number of rotatable bonds is 3. The van der Waals surface area contributed by atoms with Gasteiger partial charge in [0.05, 0.1) is 12.2 Å². The zero-order valence-electron chi connectivity index (χ0n) is 9.65. The number of esters is 1. The molecule has 0 saturated heterocycles. The van der Waals surface area contributed by atoms with Gasteiger partial charge in [-0.1, -0.05) is 18.2 Å². The van der Waals surface area contributed by atoms with E-state index in [9.17, 15) is 4.79 Å². The largest absolute Gasteiger partial charge is 0.457 e. The van der Waals surface area contributed by atoms with Gasteiger partial charge in [-0.3, -0.25) is 0 Å². The summed E-state index contributed by atoms with van der Waals surface area (Å²) in [6, 6.07) is 5.59. The number of hydrogen-bond acceptors (Lipinski definition) is 2. The molecule has 0 aromatic heterocycles. The molecule has 0 unspecified atom stereocenters. The molecule has 4 nitrogen and oxygen atoms in total. The highest BCUT2D eigenvalue weighted by Gasteiger charge is 2.27. The number of aryl methyl sites for hydroxylation is 2. The van der Waals surface area contributed by atoms with Gasteiger partial charge < -0.3 is 10.3 Å². The Bertz CT molecular complexity index is 440. The molecule has 1 rings (SSSR count). The van der Waals surface area contributed by atoms with Crippen LogP contribution >= 0.6 is 0 Å². The second kappa shape index (κ2) is 5.24. The lowest BCUT2D eigenvalue weighted by Gasteiger charge is -2.04. The average Bonchev–Trinajstić information content (AvgIpc) is 2.24. The molecule has 0 aliphatic heterocycles. The summed E-state index contributed by atoms with van der Waals surface area (Å²) < 4.78 is 4.83. The van der Waals surface area contributed by atoms with Crippen LogP contribution in [0.5, 0.6) is 0 Å². The van der Waals surface area contributed by atoms with Crippen molar-refractivity contribution in [3.8, 4) is 0 Å². The Morgan fingerprint density at radius 3 is 2.38 bits per heavy atom. The Labute approximate surface area is 94.5 Å². The quantitative estimate of drug-likeness (QED) is 0.336. The highest BCUT2D eigenvalue weighted by molar-refractivity contribution is 6.41. The minimum Gasteiger partial charge on any atom is -0.457 e. The van der Waals surface area contributed by atoms with Gasteiger partial charge in [-0.15, -0.1) is 0 Å². The lowest BCUT2D eigenvalue weighted by Crippen LogP contribution is -2.21. The summed E-state index contributed by atoms with van der Waals surface area (Å²) in [5, 5.41) is 0. The van der Waals surface area contributed by atoms with Crippen LogP contribution in [0.25, 0.3) is 5.53 Å².